The number of nitrogens with zero attached hydrogens (tertiary/aromatic N) is 1. The molecule has 39 heavy (non-hydrogen) atoms. The van der Waals surface area contributed by atoms with E-state index in [1.165, 1.54) is 23.8 Å². The predicted octanol–water partition coefficient (Wildman–Crippen LogP) is 8.45. The summed E-state index contributed by atoms with van der Waals surface area (Å²) >= 11 is 3.11. The second-order valence-corrected chi connectivity index (χ2v) is 19.0. The summed E-state index contributed by atoms with van der Waals surface area (Å²) in [7, 11) is -1.88. The highest BCUT2D eigenvalue weighted by molar-refractivity contribution is 8.01. The zero-order chi connectivity index (χ0) is 29.2. The van der Waals surface area contributed by atoms with E-state index in [0.717, 1.165) is 48.6 Å². The summed E-state index contributed by atoms with van der Waals surface area (Å²) in [5, 5.41) is 1.91. The molecule has 0 spiro atoms. The molecular weight excluding hydrogens is 547 g/mol. The highest BCUT2D eigenvalue weighted by Gasteiger charge is 2.39. The number of ether oxygens (including phenoxy) is 2. The molecule has 220 valence electrons. The van der Waals surface area contributed by atoms with E-state index in [1.807, 2.05) is 0 Å². The predicted molar refractivity (Wildman–Crippen MR) is 165 cm³/mol. The lowest BCUT2D eigenvalue weighted by Crippen LogP contribution is -2.43. The smallest absolute Gasteiger partial charge is 0.357 e. The van der Waals surface area contributed by atoms with Crippen LogP contribution in [0.4, 0.5) is 0 Å². The number of thioether (sulfide) groups is 1. The number of esters is 2. The lowest BCUT2D eigenvalue weighted by molar-refractivity contribution is -0.148. The molecule has 0 saturated heterocycles. The van der Waals surface area contributed by atoms with Crippen LogP contribution in [0.2, 0.25) is 18.1 Å². The minimum atomic E-state index is -1.88. The van der Waals surface area contributed by atoms with Gasteiger partial charge in [-0.1, -0.05) is 50.3 Å². The molecule has 4 unspecified atom stereocenters. The van der Waals surface area contributed by atoms with Crippen LogP contribution in [-0.4, -0.2) is 49.8 Å². The fourth-order valence-electron chi connectivity index (χ4n) is 4.59. The van der Waals surface area contributed by atoms with Gasteiger partial charge in [-0.2, -0.15) is 0 Å². The van der Waals surface area contributed by atoms with Crippen LogP contribution in [0.3, 0.4) is 0 Å². The number of carbonyl (C=O) groups excluding carboxylic acids is 2. The Morgan fingerprint density at radius 1 is 1.28 bits per heavy atom. The van der Waals surface area contributed by atoms with E-state index < -0.39 is 8.32 Å². The molecule has 9 heteroatoms. The van der Waals surface area contributed by atoms with Crippen molar-refractivity contribution in [1.82, 2.24) is 4.98 Å². The summed E-state index contributed by atoms with van der Waals surface area (Å²) in [5.74, 6) is 0.867. The largest absolute Gasteiger partial charge is 0.462 e. The first-order chi connectivity index (χ1) is 18.2. The van der Waals surface area contributed by atoms with Crippen LogP contribution in [0.25, 0.3) is 0 Å². The van der Waals surface area contributed by atoms with Crippen molar-refractivity contribution in [1.29, 1.82) is 0 Å². The van der Waals surface area contributed by atoms with Gasteiger partial charge in [0.15, 0.2) is 18.4 Å². The molecule has 1 aromatic heterocycles. The Hall–Kier alpha value is -1.42. The van der Waals surface area contributed by atoms with Crippen molar-refractivity contribution in [3.8, 4) is 0 Å². The van der Waals surface area contributed by atoms with Gasteiger partial charge in [0.05, 0.1) is 6.61 Å². The second-order valence-electron chi connectivity index (χ2n) is 12.1. The van der Waals surface area contributed by atoms with E-state index >= 15 is 0 Å². The quantitative estimate of drug-likeness (QED) is 0.0871. The molecule has 2 rings (SSSR count). The first-order valence-electron chi connectivity index (χ1n) is 14.1. The third-order valence-electron chi connectivity index (χ3n) is 7.72. The highest BCUT2D eigenvalue weighted by Crippen LogP contribution is 2.40. The molecule has 4 atom stereocenters. The van der Waals surface area contributed by atoms with Crippen molar-refractivity contribution in [2.45, 2.75) is 115 Å². The van der Waals surface area contributed by atoms with Gasteiger partial charge in [-0.25, -0.2) is 9.78 Å². The van der Waals surface area contributed by atoms with Gasteiger partial charge in [0.2, 0.25) is 0 Å². The first-order valence-corrected chi connectivity index (χ1v) is 18.9. The van der Waals surface area contributed by atoms with Gasteiger partial charge >= 0.3 is 11.9 Å². The maximum absolute atomic E-state index is 11.9. The minimum Gasteiger partial charge on any atom is -0.462 e. The lowest BCUT2D eigenvalue weighted by Gasteiger charge is -2.39. The monoisotopic (exact) mass is 595 g/mol. The Morgan fingerprint density at radius 3 is 2.62 bits per heavy atom. The van der Waals surface area contributed by atoms with Gasteiger partial charge in [0.25, 0.3) is 0 Å². The van der Waals surface area contributed by atoms with Gasteiger partial charge in [0, 0.05) is 30.1 Å². The van der Waals surface area contributed by atoms with Gasteiger partial charge in [-0.05, 0) is 76.4 Å². The van der Waals surface area contributed by atoms with E-state index in [9.17, 15) is 9.59 Å². The van der Waals surface area contributed by atoms with Crippen LogP contribution < -0.4 is 0 Å². The Balaban J connectivity index is 2.04. The molecule has 6 nitrogen and oxygen atoms in total. The maximum atomic E-state index is 11.9. The van der Waals surface area contributed by atoms with Crippen LogP contribution in [0.1, 0.15) is 90.6 Å². The molecule has 0 bridgehead atoms. The van der Waals surface area contributed by atoms with E-state index in [1.54, 1.807) is 24.1 Å². The van der Waals surface area contributed by atoms with Crippen LogP contribution in [0, 0.1) is 11.8 Å². The topological polar surface area (TPSA) is 74.7 Å². The number of allylic oxidation sites excluding steroid dienone is 2. The summed E-state index contributed by atoms with van der Waals surface area (Å²) in [6.07, 6.45) is 10.4. The lowest BCUT2D eigenvalue weighted by atomic mass is 9.91. The molecule has 1 heterocycles. The summed E-state index contributed by atoms with van der Waals surface area (Å²) in [5.41, 5.74) is 1.56. The van der Waals surface area contributed by atoms with Crippen molar-refractivity contribution in [2.75, 3.05) is 12.4 Å². The molecule has 1 aliphatic rings. The van der Waals surface area contributed by atoms with Crippen molar-refractivity contribution < 1.29 is 23.5 Å². The Kier molecular flexibility index (Phi) is 13.5. The molecule has 1 saturated carbocycles. The molecular formula is C30H49NO5S2Si. The number of rotatable bonds is 15. The fourth-order valence-corrected chi connectivity index (χ4v) is 7.90. The molecule has 1 aliphatic carbocycles. The zero-order valence-electron chi connectivity index (χ0n) is 25.2. The van der Waals surface area contributed by atoms with Crippen molar-refractivity contribution in [2.24, 2.45) is 11.8 Å². The summed E-state index contributed by atoms with van der Waals surface area (Å²) in [4.78, 5) is 28.1. The van der Waals surface area contributed by atoms with E-state index in [0.29, 0.717) is 18.2 Å². The van der Waals surface area contributed by atoms with E-state index in [4.69, 9.17) is 13.9 Å². The third-order valence-corrected chi connectivity index (χ3v) is 14.3. The van der Waals surface area contributed by atoms with E-state index in [2.05, 4.69) is 64.5 Å². The van der Waals surface area contributed by atoms with Crippen molar-refractivity contribution >= 4 is 43.4 Å². The third kappa shape index (κ3) is 11.2. The number of carbonyl (C=O) groups is 2. The molecule has 0 amide bonds. The van der Waals surface area contributed by atoms with Gasteiger partial charge in [0.1, 0.15) is 6.10 Å². The number of aromatic nitrogens is 1. The van der Waals surface area contributed by atoms with Crippen LogP contribution >= 0.6 is 23.1 Å². The normalized spacial score (nSPS) is 20.8. The summed E-state index contributed by atoms with van der Waals surface area (Å²) in [6.45, 7) is 21.3. The van der Waals surface area contributed by atoms with Crippen molar-refractivity contribution in [3.63, 3.8) is 0 Å². The number of thiazole rings is 1. The van der Waals surface area contributed by atoms with Crippen LogP contribution in [-0.2, 0) is 18.7 Å². The fraction of sp³-hybridized carbons (Fsp3) is 0.700. The standard InChI is InChI=1S/C30H49NO5S2Si/c1-10-34-28(33)26-20-38-29(31-26)37-19-18-25-23(15-17-27(25)35-22(4)32)12-11-13-24(16-14-21(2)3)36-39(8,9)30(5,6)7/h11-12,20,23-25,27H,2,10,13-19H2,1,3-9H3. The average molecular weight is 596 g/mol. The average Bonchev–Trinajstić information content (AvgIpc) is 3.44. The zero-order valence-corrected chi connectivity index (χ0v) is 27.8. The van der Waals surface area contributed by atoms with Crippen molar-refractivity contribution in [3.05, 3.63) is 35.4 Å². The first kappa shape index (κ1) is 33.8. The maximum Gasteiger partial charge on any atom is 0.357 e. The highest BCUT2D eigenvalue weighted by atomic mass is 32.2. The second kappa shape index (κ2) is 15.5. The van der Waals surface area contributed by atoms with Gasteiger partial charge in [-0.15, -0.1) is 17.9 Å². The molecule has 1 fully saturated rings. The molecule has 0 N–H and O–H groups in total. The van der Waals surface area contributed by atoms with E-state index in [-0.39, 0.29) is 35.1 Å². The number of hydrogen-bond acceptors (Lipinski definition) is 8. The molecule has 0 aromatic carbocycles. The van der Waals surface area contributed by atoms with Crippen LogP contribution in [0.5, 0.6) is 0 Å². The van der Waals surface area contributed by atoms with Crippen LogP contribution in [0.15, 0.2) is 34.0 Å². The van der Waals surface area contributed by atoms with Gasteiger partial charge < -0.3 is 13.9 Å². The Bertz CT molecular complexity index is 984. The summed E-state index contributed by atoms with van der Waals surface area (Å²) in [6, 6.07) is 0. The SMILES string of the molecule is C=C(C)CCC(CC=CC1CCC(OC(C)=O)C1CCSc1nc(C(=O)OCC)cs1)O[Si](C)(C)C(C)(C)C. The molecule has 1 aromatic rings. The Labute approximate surface area is 245 Å². The Morgan fingerprint density at radius 2 is 2.00 bits per heavy atom. The minimum absolute atomic E-state index is 0.0631. The molecule has 0 radical (unpaired) electrons. The number of hydrogen-bond donors (Lipinski definition) is 0. The molecule has 0 aliphatic heterocycles. The van der Waals surface area contributed by atoms with Gasteiger partial charge in [-0.3, -0.25) is 4.79 Å². The summed E-state index contributed by atoms with van der Waals surface area (Å²) < 4.78 is 18.4.